The monoisotopic (exact) mass is 306 g/mol. The molecular weight excluding hydrogens is 288 g/mol. The van der Waals surface area contributed by atoms with Crippen LogP contribution in [0.5, 0.6) is 0 Å². The average molecular weight is 306 g/mol. The van der Waals surface area contributed by atoms with Crippen molar-refractivity contribution in [2.75, 3.05) is 0 Å². The summed E-state index contributed by atoms with van der Waals surface area (Å²) in [5.41, 5.74) is 5.82. The van der Waals surface area contributed by atoms with Crippen LogP contribution >= 0.6 is 0 Å². The molecule has 2 aromatic heterocycles. The average Bonchev–Trinajstić information content (AvgIpc) is 3.24. The molecule has 0 saturated heterocycles. The molecular formula is C18H18N4O. The Labute approximate surface area is 134 Å². The molecule has 3 atom stereocenters. The predicted octanol–water partition coefficient (Wildman–Crippen LogP) is 2.48. The number of aromatic nitrogens is 4. The SMILES string of the molecule is Cn1ncc2c1CC[C@H]([C@H]1c3ccccc3-c3cncn31)[C@H]2O. The van der Waals surface area contributed by atoms with Crippen LogP contribution in [0.2, 0.25) is 0 Å². The third-order valence-electron chi connectivity index (χ3n) is 5.46. The fourth-order valence-corrected chi connectivity index (χ4v) is 4.37. The summed E-state index contributed by atoms with van der Waals surface area (Å²) in [5, 5.41) is 15.3. The minimum absolute atomic E-state index is 0.142. The summed E-state index contributed by atoms with van der Waals surface area (Å²) in [5.74, 6) is 0.142. The molecule has 0 spiro atoms. The Kier molecular flexibility index (Phi) is 2.59. The lowest BCUT2D eigenvalue weighted by Gasteiger charge is -2.33. The molecule has 3 heterocycles. The van der Waals surface area contributed by atoms with E-state index in [4.69, 9.17) is 0 Å². The van der Waals surface area contributed by atoms with Crippen LogP contribution in [0.25, 0.3) is 11.3 Å². The van der Waals surface area contributed by atoms with E-state index in [1.165, 1.54) is 11.1 Å². The van der Waals surface area contributed by atoms with Crippen molar-refractivity contribution in [3.05, 3.63) is 59.8 Å². The van der Waals surface area contributed by atoms with Crippen LogP contribution in [0.15, 0.2) is 43.0 Å². The van der Waals surface area contributed by atoms with E-state index in [-0.39, 0.29) is 12.0 Å². The summed E-state index contributed by atoms with van der Waals surface area (Å²) in [6.45, 7) is 0. The van der Waals surface area contributed by atoms with Gasteiger partial charge in [0.1, 0.15) is 0 Å². The van der Waals surface area contributed by atoms with Crippen molar-refractivity contribution in [2.24, 2.45) is 13.0 Å². The number of nitrogens with zero attached hydrogens (tertiary/aromatic N) is 4. The van der Waals surface area contributed by atoms with Gasteiger partial charge in [-0.15, -0.1) is 0 Å². The molecule has 3 aromatic rings. The van der Waals surface area contributed by atoms with Crippen LogP contribution in [-0.2, 0) is 13.5 Å². The van der Waals surface area contributed by atoms with Gasteiger partial charge in [0.05, 0.1) is 36.6 Å². The van der Waals surface area contributed by atoms with Gasteiger partial charge in [0.15, 0.2) is 0 Å². The zero-order valence-electron chi connectivity index (χ0n) is 12.9. The van der Waals surface area contributed by atoms with Crippen LogP contribution in [0.1, 0.15) is 35.4 Å². The minimum Gasteiger partial charge on any atom is -0.388 e. The highest BCUT2D eigenvalue weighted by atomic mass is 16.3. The Balaban J connectivity index is 1.63. The van der Waals surface area contributed by atoms with Gasteiger partial charge in [-0.25, -0.2) is 4.98 Å². The van der Waals surface area contributed by atoms with Gasteiger partial charge < -0.3 is 9.67 Å². The first-order chi connectivity index (χ1) is 11.3. The standard InChI is InChI=1S/C18H18N4O/c1-21-15-7-6-13(18(23)14(15)8-20-21)17-12-5-3-2-4-11(12)16-9-19-10-22(16)17/h2-5,8-10,13,17-18,23H,6-7H2,1H3/t13-,17-,18-/m1/s1. The molecule has 5 heteroatoms. The number of aliphatic hydroxyl groups excluding tert-OH is 1. The molecule has 1 aromatic carbocycles. The smallest absolute Gasteiger partial charge is 0.0956 e. The number of aryl methyl sites for hydroxylation is 1. The number of fused-ring (bicyclic) bond motifs is 4. The molecule has 2 aliphatic rings. The van der Waals surface area contributed by atoms with Crippen molar-refractivity contribution in [3.63, 3.8) is 0 Å². The van der Waals surface area contributed by atoms with Crippen molar-refractivity contribution >= 4 is 0 Å². The summed E-state index contributed by atoms with van der Waals surface area (Å²) >= 11 is 0. The van der Waals surface area contributed by atoms with Gasteiger partial charge >= 0.3 is 0 Å². The molecule has 0 bridgehead atoms. The second-order valence-electron chi connectivity index (χ2n) is 6.54. The van der Waals surface area contributed by atoms with Crippen LogP contribution in [0.3, 0.4) is 0 Å². The Hall–Kier alpha value is -2.40. The van der Waals surface area contributed by atoms with E-state index in [1.54, 1.807) is 0 Å². The second-order valence-corrected chi connectivity index (χ2v) is 6.54. The zero-order chi connectivity index (χ0) is 15.6. The van der Waals surface area contributed by atoms with Crippen LogP contribution < -0.4 is 0 Å². The van der Waals surface area contributed by atoms with Crippen molar-refractivity contribution in [1.29, 1.82) is 0 Å². The van der Waals surface area contributed by atoms with E-state index in [1.807, 2.05) is 30.5 Å². The van der Waals surface area contributed by atoms with Crippen molar-refractivity contribution in [1.82, 2.24) is 19.3 Å². The molecule has 1 aliphatic heterocycles. The van der Waals surface area contributed by atoms with Gasteiger partial charge in [-0.05, 0) is 18.4 Å². The Morgan fingerprint density at radius 3 is 2.96 bits per heavy atom. The lowest BCUT2D eigenvalue weighted by atomic mass is 9.78. The van der Waals surface area contributed by atoms with Crippen LogP contribution in [-0.4, -0.2) is 24.4 Å². The van der Waals surface area contributed by atoms with Gasteiger partial charge in [0.25, 0.3) is 0 Å². The maximum atomic E-state index is 11.0. The molecule has 1 N–H and O–H groups in total. The number of imidazole rings is 1. The van der Waals surface area contributed by atoms with Crippen molar-refractivity contribution in [2.45, 2.75) is 25.0 Å². The quantitative estimate of drug-likeness (QED) is 0.751. The first-order valence-electron chi connectivity index (χ1n) is 8.05. The number of rotatable bonds is 1. The Morgan fingerprint density at radius 2 is 2.04 bits per heavy atom. The number of hydrogen-bond donors (Lipinski definition) is 1. The van der Waals surface area contributed by atoms with Gasteiger partial charge in [0, 0.05) is 29.8 Å². The van der Waals surface area contributed by atoms with Gasteiger partial charge in [-0.1, -0.05) is 24.3 Å². The summed E-state index contributed by atoms with van der Waals surface area (Å²) in [6.07, 6.45) is 7.05. The van der Waals surface area contributed by atoms with E-state index in [9.17, 15) is 5.11 Å². The fourth-order valence-electron chi connectivity index (χ4n) is 4.37. The minimum atomic E-state index is -0.487. The molecule has 5 rings (SSSR count). The van der Waals surface area contributed by atoms with E-state index < -0.39 is 6.10 Å². The molecule has 116 valence electrons. The lowest BCUT2D eigenvalue weighted by molar-refractivity contribution is 0.0713. The van der Waals surface area contributed by atoms with Gasteiger partial charge in [0.2, 0.25) is 0 Å². The lowest BCUT2D eigenvalue weighted by Crippen LogP contribution is -2.28. The normalized spacial score (nSPS) is 25.0. The Morgan fingerprint density at radius 1 is 1.17 bits per heavy atom. The van der Waals surface area contributed by atoms with Crippen molar-refractivity contribution in [3.8, 4) is 11.3 Å². The summed E-state index contributed by atoms with van der Waals surface area (Å²) in [7, 11) is 1.95. The molecule has 0 fully saturated rings. The van der Waals surface area contributed by atoms with Gasteiger partial charge in [-0.3, -0.25) is 4.68 Å². The third-order valence-corrected chi connectivity index (χ3v) is 5.46. The predicted molar refractivity (Wildman–Crippen MR) is 85.8 cm³/mol. The van der Waals surface area contributed by atoms with E-state index in [0.29, 0.717) is 0 Å². The number of hydrogen-bond acceptors (Lipinski definition) is 3. The number of aliphatic hydroxyl groups is 1. The van der Waals surface area contributed by atoms with E-state index >= 15 is 0 Å². The Bertz CT molecular complexity index is 894. The number of benzene rings is 1. The van der Waals surface area contributed by atoms with Crippen LogP contribution in [0.4, 0.5) is 0 Å². The molecule has 23 heavy (non-hydrogen) atoms. The fraction of sp³-hybridized carbons (Fsp3) is 0.333. The van der Waals surface area contributed by atoms with Crippen molar-refractivity contribution < 1.29 is 5.11 Å². The molecule has 0 radical (unpaired) electrons. The topological polar surface area (TPSA) is 55.9 Å². The summed E-state index contributed by atoms with van der Waals surface area (Å²) < 4.78 is 4.11. The molecule has 0 unspecified atom stereocenters. The second kappa shape index (κ2) is 4.55. The van der Waals surface area contributed by atoms with Crippen LogP contribution in [0, 0.1) is 5.92 Å². The highest BCUT2D eigenvalue weighted by Crippen LogP contribution is 2.49. The largest absolute Gasteiger partial charge is 0.388 e. The molecule has 0 amide bonds. The first kappa shape index (κ1) is 13.1. The van der Waals surface area contributed by atoms with E-state index in [2.05, 4.69) is 38.9 Å². The summed E-state index contributed by atoms with van der Waals surface area (Å²) in [4.78, 5) is 4.33. The highest BCUT2D eigenvalue weighted by Gasteiger charge is 2.41. The molecule has 5 nitrogen and oxygen atoms in total. The van der Waals surface area contributed by atoms with Gasteiger partial charge in [-0.2, -0.15) is 5.10 Å². The highest BCUT2D eigenvalue weighted by molar-refractivity contribution is 5.69. The summed E-state index contributed by atoms with van der Waals surface area (Å²) in [6, 6.07) is 8.62. The maximum absolute atomic E-state index is 11.0. The first-order valence-corrected chi connectivity index (χ1v) is 8.05. The van der Waals surface area contributed by atoms with E-state index in [0.717, 1.165) is 29.8 Å². The maximum Gasteiger partial charge on any atom is 0.0956 e. The third kappa shape index (κ3) is 1.65. The molecule has 1 aliphatic carbocycles. The zero-order valence-corrected chi connectivity index (χ0v) is 12.9. The molecule has 0 saturated carbocycles.